The molecule has 0 saturated heterocycles. The molecule has 2 aromatic carbocycles. The number of ether oxygens (including phenoxy) is 2. The number of Topliss-reactive ketones (excluding diaryl/α,β-unsaturated/α-hetero) is 1. The molecule has 1 heterocycles. The molecule has 0 unspecified atom stereocenters. The van der Waals surface area contributed by atoms with Crippen LogP contribution in [0.1, 0.15) is 42.7 Å². The highest BCUT2D eigenvalue weighted by Crippen LogP contribution is 2.46. The maximum atomic E-state index is 13.6. The van der Waals surface area contributed by atoms with Crippen LogP contribution in [0.15, 0.2) is 65.0 Å². The molecule has 0 spiro atoms. The Hall–Kier alpha value is -3.74. The summed E-state index contributed by atoms with van der Waals surface area (Å²) >= 11 is 0. The van der Waals surface area contributed by atoms with Gasteiger partial charge in [0.25, 0.3) is 0 Å². The molecule has 0 amide bonds. The molecule has 0 bridgehead atoms. The molecule has 1 aliphatic heterocycles. The van der Waals surface area contributed by atoms with Gasteiger partial charge < -0.3 is 24.8 Å². The number of nitrogens with one attached hydrogen (secondary N) is 1. The van der Waals surface area contributed by atoms with E-state index >= 15 is 0 Å². The minimum absolute atomic E-state index is 0.00841. The summed E-state index contributed by atoms with van der Waals surface area (Å²) in [6.45, 7) is 1.82. The third-order valence-corrected chi connectivity index (χ3v) is 6.65. The molecule has 7 heteroatoms. The molecule has 2 aliphatic rings. The monoisotopic (exact) mass is 462 g/mol. The minimum atomic E-state index is -0.609. The number of aromatic hydroxyl groups is 1. The number of hydrogen-bond donors (Lipinski definition) is 2. The fourth-order valence-corrected chi connectivity index (χ4v) is 4.91. The van der Waals surface area contributed by atoms with Gasteiger partial charge in [-0.3, -0.25) is 4.79 Å². The van der Waals surface area contributed by atoms with Crippen molar-refractivity contribution in [2.24, 2.45) is 0 Å². The molecule has 178 valence electrons. The van der Waals surface area contributed by atoms with E-state index < -0.39 is 11.9 Å². The highest BCUT2D eigenvalue weighted by Gasteiger charge is 2.41. The van der Waals surface area contributed by atoms with E-state index in [0.717, 1.165) is 16.9 Å². The average molecular weight is 463 g/mol. The van der Waals surface area contributed by atoms with Gasteiger partial charge in [-0.1, -0.05) is 18.2 Å². The van der Waals surface area contributed by atoms with Crippen molar-refractivity contribution in [3.63, 3.8) is 0 Å². The zero-order valence-corrected chi connectivity index (χ0v) is 20.1. The summed E-state index contributed by atoms with van der Waals surface area (Å²) < 4.78 is 10.4. The van der Waals surface area contributed by atoms with Crippen molar-refractivity contribution in [3.05, 3.63) is 76.1 Å². The highest BCUT2D eigenvalue weighted by molar-refractivity contribution is 6.04. The van der Waals surface area contributed by atoms with Crippen molar-refractivity contribution in [1.82, 2.24) is 5.32 Å². The topological polar surface area (TPSA) is 88.1 Å². The van der Waals surface area contributed by atoms with Crippen LogP contribution in [-0.2, 0) is 14.3 Å². The zero-order valence-electron chi connectivity index (χ0n) is 20.1. The van der Waals surface area contributed by atoms with E-state index in [9.17, 15) is 14.7 Å². The number of rotatable bonds is 5. The lowest BCUT2D eigenvalue weighted by Gasteiger charge is -2.36. The molecule has 4 rings (SSSR count). The van der Waals surface area contributed by atoms with Crippen LogP contribution in [0.3, 0.4) is 0 Å². The second-order valence-electron chi connectivity index (χ2n) is 8.93. The van der Waals surface area contributed by atoms with Gasteiger partial charge in [0.05, 0.1) is 19.8 Å². The van der Waals surface area contributed by atoms with E-state index in [1.807, 2.05) is 25.9 Å². The lowest BCUT2D eigenvalue weighted by molar-refractivity contribution is -0.136. The Kier molecular flexibility index (Phi) is 6.37. The zero-order chi connectivity index (χ0) is 24.6. The first kappa shape index (κ1) is 23.4. The molecule has 1 aliphatic carbocycles. The number of ketones is 1. The number of methoxy groups -OCH3 is 2. The van der Waals surface area contributed by atoms with Gasteiger partial charge in [-0.05, 0) is 54.7 Å². The summed E-state index contributed by atoms with van der Waals surface area (Å²) in [5.41, 5.74) is 5.32. The fraction of sp³-hybridized carbons (Fsp3) is 0.333. The molecule has 7 nitrogen and oxygen atoms in total. The van der Waals surface area contributed by atoms with Gasteiger partial charge in [0.15, 0.2) is 17.3 Å². The summed E-state index contributed by atoms with van der Waals surface area (Å²) in [6, 6.07) is 13.2. The second-order valence-corrected chi connectivity index (χ2v) is 8.93. The van der Waals surface area contributed by atoms with Gasteiger partial charge in [0.1, 0.15) is 0 Å². The Morgan fingerprint density at radius 1 is 1.06 bits per heavy atom. The number of esters is 1. The van der Waals surface area contributed by atoms with Gasteiger partial charge in [0.2, 0.25) is 0 Å². The van der Waals surface area contributed by atoms with E-state index in [0.29, 0.717) is 35.2 Å². The molecule has 2 atom stereocenters. The number of carbonyl (C=O) groups is 2. The maximum absolute atomic E-state index is 13.6. The molecule has 2 aromatic rings. The fourth-order valence-electron chi connectivity index (χ4n) is 4.91. The average Bonchev–Trinajstić information content (AvgIpc) is 2.83. The van der Waals surface area contributed by atoms with Crippen LogP contribution < -0.4 is 15.0 Å². The predicted molar refractivity (Wildman–Crippen MR) is 130 cm³/mol. The quantitative estimate of drug-likeness (QED) is 0.650. The van der Waals surface area contributed by atoms with Crippen molar-refractivity contribution >= 4 is 17.4 Å². The molecule has 2 N–H and O–H groups in total. The third kappa shape index (κ3) is 4.14. The molecule has 0 saturated carbocycles. The van der Waals surface area contributed by atoms with Crippen LogP contribution in [-0.4, -0.2) is 45.2 Å². The summed E-state index contributed by atoms with van der Waals surface area (Å²) in [4.78, 5) is 28.4. The number of phenols is 1. The van der Waals surface area contributed by atoms with Gasteiger partial charge in [0, 0.05) is 49.1 Å². The third-order valence-electron chi connectivity index (χ3n) is 6.65. The number of carbonyl (C=O) groups excluding carboxylic acids is 2. The van der Waals surface area contributed by atoms with Crippen molar-refractivity contribution < 1.29 is 24.2 Å². The lowest BCUT2D eigenvalue weighted by Crippen LogP contribution is -2.36. The van der Waals surface area contributed by atoms with Crippen molar-refractivity contribution in [2.45, 2.75) is 31.6 Å². The number of phenolic OH excluding ortho intramolecular Hbond substituents is 1. The Morgan fingerprint density at radius 3 is 2.35 bits per heavy atom. The van der Waals surface area contributed by atoms with Crippen LogP contribution >= 0.6 is 0 Å². The minimum Gasteiger partial charge on any atom is -0.504 e. The van der Waals surface area contributed by atoms with Crippen molar-refractivity contribution in [3.8, 4) is 11.5 Å². The van der Waals surface area contributed by atoms with Gasteiger partial charge in [-0.25, -0.2) is 4.79 Å². The maximum Gasteiger partial charge on any atom is 0.336 e. The summed E-state index contributed by atoms with van der Waals surface area (Å²) in [5.74, 6) is -0.808. The van der Waals surface area contributed by atoms with Crippen molar-refractivity contribution in [2.75, 3.05) is 33.2 Å². The normalized spacial score (nSPS) is 20.0. The van der Waals surface area contributed by atoms with Crippen LogP contribution in [0.5, 0.6) is 11.5 Å². The smallest absolute Gasteiger partial charge is 0.336 e. The van der Waals surface area contributed by atoms with Crippen molar-refractivity contribution in [1.29, 1.82) is 0 Å². The Labute approximate surface area is 199 Å². The first-order valence-electron chi connectivity index (χ1n) is 11.2. The number of hydrogen-bond acceptors (Lipinski definition) is 7. The first-order valence-corrected chi connectivity index (χ1v) is 11.2. The Bertz CT molecular complexity index is 1190. The predicted octanol–water partition coefficient (Wildman–Crippen LogP) is 4.00. The van der Waals surface area contributed by atoms with Gasteiger partial charge in [-0.15, -0.1) is 0 Å². The van der Waals surface area contributed by atoms with Crippen LogP contribution in [0, 0.1) is 0 Å². The molecule has 0 radical (unpaired) electrons. The molecule has 34 heavy (non-hydrogen) atoms. The van der Waals surface area contributed by atoms with E-state index in [1.165, 1.54) is 20.3 Å². The Balaban J connectivity index is 1.78. The summed E-state index contributed by atoms with van der Waals surface area (Å²) in [6.07, 6.45) is 1.00. The number of benzene rings is 2. The molecule has 0 aromatic heterocycles. The van der Waals surface area contributed by atoms with Gasteiger partial charge >= 0.3 is 5.97 Å². The number of nitrogens with zero attached hydrogens (tertiary/aromatic N) is 1. The molecular formula is C27H30N2O5. The first-order chi connectivity index (χ1) is 16.2. The van der Waals surface area contributed by atoms with Gasteiger partial charge in [-0.2, -0.15) is 0 Å². The lowest BCUT2D eigenvalue weighted by atomic mass is 9.71. The summed E-state index contributed by atoms with van der Waals surface area (Å²) in [5, 5.41) is 13.4. The SMILES string of the molecule is COC(=O)C1=C(C)NC2=C(C(=O)C[C@H](c3ccc(N(C)C)cc3)C2)[C@@H]1c1ccc(O)c(OC)c1. The molecular weight excluding hydrogens is 432 g/mol. The Morgan fingerprint density at radius 2 is 1.74 bits per heavy atom. The van der Waals surface area contributed by atoms with E-state index in [2.05, 4.69) is 29.6 Å². The second kappa shape index (κ2) is 9.25. The van der Waals surface area contributed by atoms with Crippen LogP contribution in [0.25, 0.3) is 0 Å². The summed E-state index contributed by atoms with van der Waals surface area (Å²) in [7, 11) is 6.78. The van der Waals surface area contributed by atoms with Crippen LogP contribution in [0.4, 0.5) is 5.69 Å². The number of dihydropyridines is 1. The number of allylic oxidation sites excluding steroid dienone is 3. The van der Waals surface area contributed by atoms with E-state index in [1.54, 1.807) is 12.1 Å². The standard InChI is InChI=1S/C27H30N2O5/c1-15-24(27(32)34-5)25(17-8-11-21(30)23(14-17)33-4)26-20(28-15)12-18(13-22(26)31)16-6-9-19(10-7-16)29(2)3/h6-11,14,18,25,28,30H,12-13H2,1-5H3/t18-,25-/m1/s1. The van der Waals surface area contributed by atoms with E-state index in [-0.39, 0.29) is 23.2 Å². The molecule has 0 fully saturated rings. The van der Waals surface area contributed by atoms with Crippen LogP contribution in [0.2, 0.25) is 0 Å². The highest BCUT2D eigenvalue weighted by atomic mass is 16.5. The largest absolute Gasteiger partial charge is 0.504 e. The number of anilines is 1. The van der Waals surface area contributed by atoms with E-state index in [4.69, 9.17) is 9.47 Å².